The minimum Gasteiger partial charge on any atom is -0.461 e. The molecular weight excluding hydrogens is 654 g/mol. The van der Waals surface area contributed by atoms with Crippen molar-refractivity contribution < 1.29 is 29.3 Å². The van der Waals surface area contributed by atoms with Crippen molar-refractivity contribution in [1.82, 2.24) is 15.0 Å². The molecule has 0 spiro atoms. The minimum atomic E-state index is -0.449. The molecule has 0 amide bonds. The van der Waals surface area contributed by atoms with Crippen LogP contribution in [0.15, 0.2) is 66.9 Å². The fourth-order valence-corrected chi connectivity index (χ4v) is 11.5. The first-order valence-corrected chi connectivity index (χ1v) is 19.4. The molecule has 4 aliphatic carbocycles. The van der Waals surface area contributed by atoms with Crippen LogP contribution in [0.25, 0.3) is 21.9 Å². The number of rotatable bonds is 8. The second-order valence-electron chi connectivity index (χ2n) is 16.8. The van der Waals surface area contributed by atoms with Gasteiger partial charge in [0.1, 0.15) is 11.8 Å². The lowest BCUT2D eigenvalue weighted by molar-refractivity contribution is -0.207. The number of esters is 2. The lowest BCUT2D eigenvalue weighted by Crippen LogP contribution is -2.62. The van der Waals surface area contributed by atoms with Crippen molar-refractivity contribution in [2.75, 3.05) is 6.61 Å². The van der Waals surface area contributed by atoms with Crippen molar-refractivity contribution in [2.24, 2.45) is 46.3 Å². The van der Waals surface area contributed by atoms with Crippen LogP contribution in [0.1, 0.15) is 99.5 Å². The normalized spacial score (nSPS) is 34.6. The Balaban J connectivity index is 0.882. The third kappa shape index (κ3) is 6.07. The van der Waals surface area contributed by atoms with E-state index in [-0.39, 0.29) is 46.3 Å². The second-order valence-corrected chi connectivity index (χ2v) is 16.8. The number of para-hydroxylation sites is 3. The molecule has 4 fully saturated rings. The molecule has 9 nitrogen and oxygen atoms in total. The van der Waals surface area contributed by atoms with E-state index in [2.05, 4.69) is 35.7 Å². The molecule has 2 aromatic heterocycles. The van der Waals surface area contributed by atoms with Crippen LogP contribution in [0, 0.1) is 46.3 Å². The Kier molecular flexibility index (Phi) is 9.31. The summed E-state index contributed by atoms with van der Waals surface area (Å²) >= 11 is 0. The Labute approximate surface area is 305 Å². The van der Waals surface area contributed by atoms with Gasteiger partial charge in [0.25, 0.3) is 0 Å². The van der Waals surface area contributed by atoms with Gasteiger partial charge < -0.3 is 19.7 Å². The molecule has 0 bridgehead atoms. The van der Waals surface area contributed by atoms with Gasteiger partial charge in [-0.25, -0.2) is 19.6 Å². The van der Waals surface area contributed by atoms with Gasteiger partial charge >= 0.3 is 11.9 Å². The number of hydrogen-bond acceptors (Lipinski definition) is 9. The van der Waals surface area contributed by atoms with Crippen LogP contribution in [0.3, 0.4) is 0 Å². The smallest absolute Gasteiger partial charge is 0.358 e. The van der Waals surface area contributed by atoms with Crippen molar-refractivity contribution in [3.8, 4) is 0 Å². The number of benzene rings is 2. The zero-order valence-electron chi connectivity index (χ0n) is 30.5. The van der Waals surface area contributed by atoms with Crippen LogP contribution >= 0.6 is 0 Å². The Bertz CT molecular complexity index is 1970. The van der Waals surface area contributed by atoms with Gasteiger partial charge in [0, 0.05) is 5.39 Å². The molecule has 8 rings (SSSR count). The van der Waals surface area contributed by atoms with Gasteiger partial charge in [-0.1, -0.05) is 57.2 Å². The highest BCUT2D eigenvalue weighted by Gasteiger charge is 2.65. The predicted octanol–water partition coefficient (Wildman–Crippen LogP) is 7.58. The van der Waals surface area contributed by atoms with Crippen LogP contribution in [0.2, 0.25) is 0 Å². The molecular formula is C43H51N3O6. The number of aromatic nitrogens is 3. The SMILES string of the molecule is CC(CCCOC(=O)c1ccc2ccccc2n1)C1CC[C@H]2[C@@H]3[C@H](O)CC4C[C@H](OC(=O)c5cnc6ccccc6n5)CC[C@]4(C)[C@H]3C[C@H](O)[C@]12C. The van der Waals surface area contributed by atoms with Gasteiger partial charge in [0.15, 0.2) is 5.69 Å². The number of ether oxygens (including phenoxy) is 2. The zero-order valence-corrected chi connectivity index (χ0v) is 30.5. The average Bonchev–Trinajstić information content (AvgIpc) is 3.52. The third-order valence-corrected chi connectivity index (χ3v) is 14.3. The number of nitrogens with zero attached hydrogens (tertiary/aromatic N) is 3. The Morgan fingerprint density at radius 3 is 2.42 bits per heavy atom. The lowest BCUT2D eigenvalue weighted by Gasteiger charge is -2.63. The fraction of sp³-hybridized carbons (Fsp3) is 0.558. The molecule has 2 N–H and O–H groups in total. The van der Waals surface area contributed by atoms with Gasteiger partial charge in [0.2, 0.25) is 0 Å². The monoisotopic (exact) mass is 705 g/mol. The first kappa shape index (κ1) is 35.1. The first-order valence-electron chi connectivity index (χ1n) is 19.4. The quantitative estimate of drug-likeness (QED) is 0.141. The molecule has 11 atom stereocenters. The van der Waals surface area contributed by atoms with E-state index in [1.54, 1.807) is 6.07 Å². The van der Waals surface area contributed by atoms with Crippen LogP contribution in [0.4, 0.5) is 0 Å². The van der Waals surface area contributed by atoms with Crippen LogP contribution in [-0.4, -0.2) is 62.0 Å². The molecule has 274 valence electrons. The molecule has 3 unspecified atom stereocenters. The van der Waals surface area contributed by atoms with E-state index in [0.29, 0.717) is 48.9 Å². The maximum Gasteiger partial charge on any atom is 0.358 e. The van der Waals surface area contributed by atoms with Crippen molar-refractivity contribution >= 4 is 33.9 Å². The summed E-state index contributed by atoms with van der Waals surface area (Å²) in [6.07, 6.45) is 7.82. The van der Waals surface area contributed by atoms with Crippen molar-refractivity contribution in [3.05, 3.63) is 78.2 Å². The fourth-order valence-electron chi connectivity index (χ4n) is 11.5. The van der Waals surface area contributed by atoms with E-state index in [1.165, 1.54) is 6.20 Å². The molecule has 2 heterocycles. The number of carbonyl (C=O) groups is 2. The molecule has 0 radical (unpaired) electrons. The van der Waals surface area contributed by atoms with Crippen LogP contribution in [0.5, 0.6) is 0 Å². The van der Waals surface area contributed by atoms with E-state index in [4.69, 9.17) is 9.47 Å². The summed E-state index contributed by atoms with van der Waals surface area (Å²) in [5.41, 5.74) is 2.41. The topological polar surface area (TPSA) is 132 Å². The van der Waals surface area contributed by atoms with Crippen molar-refractivity contribution in [2.45, 2.75) is 96.9 Å². The maximum atomic E-state index is 13.2. The molecule has 2 aromatic carbocycles. The largest absolute Gasteiger partial charge is 0.461 e. The maximum absolute atomic E-state index is 13.2. The molecule has 4 saturated carbocycles. The summed E-state index contributed by atoms with van der Waals surface area (Å²) in [6.45, 7) is 7.27. The summed E-state index contributed by atoms with van der Waals surface area (Å²) in [7, 11) is 0. The zero-order chi connectivity index (χ0) is 36.2. The Morgan fingerprint density at radius 2 is 1.60 bits per heavy atom. The van der Waals surface area contributed by atoms with Crippen molar-refractivity contribution in [1.29, 1.82) is 0 Å². The Hall–Kier alpha value is -3.95. The molecule has 52 heavy (non-hydrogen) atoms. The van der Waals surface area contributed by atoms with Gasteiger partial charge in [0.05, 0.1) is 41.6 Å². The highest BCUT2D eigenvalue weighted by Crippen LogP contribution is 2.68. The summed E-state index contributed by atoms with van der Waals surface area (Å²) in [4.78, 5) is 39.3. The summed E-state index contributed by atoms with van der Waals surface area (Å²) < 4.78 is 11.7. The number of carbonyl (C=O) groups excluding carboxylic acids is 2. The van der Waals surface area contributed by atoms with Crippen molar-refractivity contribution in [3.63, 3.8) is 0 Å². The number of fused-ring (bicyclic) bond motifs is 7. The van der Waals surface area contributed by atoms with E-state index < -0.39 is 24.1 Å². The van der Waals surface area contributed by atoms with Gasteiger partial charge in [-0.15, -0.1) is 0 Å². The molecule has 9 heteroatoms. The van der Waals surface area contributed by atoms with Crippen LogP contribution in [-0.2, 0) is 9.47 Å². The number of aliphatic hydroxyl groups is 2. The minimum absolute atomic E-state index is 0.0364. The van der Waals surface area contributed by atoms with Gasteiger partial charge in [-0.2, -0.15) is 0 Å². The Morgan fingerprint density at radius 1 is 0.846 bits per heavy atom. The number of aliphatic hydroxyl groups excluding tert-OH is 2. The summed E-state index contributed by atoms with van der Waals surface area (Å²) in [5.74, 6) is 0.653. The molecule has 0 saturated heterocycles. The van der Waals surface area contributed by atoms with Gasteiger partial charge in [-0.05, 0) is 128 Å². The third-order valence-electron chi connectivity index (χ3n) is 14.3. The highest BCUT2D eigenvalue weighted by molar-refractivity contribution is 5.91. The van der Waals surface area contributed by atoms with E-state index >= 15 is 0 Å². The van der Waals surface area contributed by atoms with E-state index in [9.17, 15) is 19.8 Å². The lowest BCUT2D eigenvalue weighted by atomic mass is 9.43. The molecule has 4 aromatic rings. The molecule has 4 aliphatic rings. The standard InChI is InChI=1S/C43H51N3O6/c1-25(9-8-20-51-40(49)35-17-14-26-10-4-5-11-32(26)45-35)29-15-16-30-39-31(23-38(48)43(29,30)3)42(2)19-18-28(21-27(42)22-37(39)47)52-41(50)36-24-44-33-12-6-7-13-34(33)46-36/h4-7,10-14,17,24-25,27-31,37-39,47-48H,8-9,15-16,18-23H2,1-3H3/t25?,27?,28-,29?,30+,31+,37-,38+,39+,42+,43-/m1/s1. The highest BCUT2D eigenvalue weighted by atomic mass is 16.5. The van der Waals surface area contributed by atoms with Crippen LogP contribution < -0.4 is 0 Å². The molecule has 0 aliphatic heterocycles. The van der Waals surface area contributed by atoms with Gasteiger partial charge in [-0.3, -0.25) is 4.98 Å². The summed E-state index contributed by atoms with van der Waals surface area (Å²) in [6, 6.07) is 18.8. The second kappa shape index (κ2) is 13.8. The number of pyridine rings is 1. The van der Waals surface area contributed by atoms with E-state index in [1.807, 2.05) is 54.6 Å². The number of hydrogen-bond donors (Lipinski definition) is 2. The average molecular weight is 706 g/mol. The predicted molar refractivity (Wildman–Crippen MR) is 197 cm³/mol. The first-order chi connectivity index (χ1) is 25.1. The van der Waals surface area contributed by atoms with E-state index in [0.717, 1.165) is 54.9 Å². The summed E-state index contributed by atoms with van der Waals surface area (Å²) in [5, 5.41) is 24.9.